The molecule has 8 heteroatoms. The van der Waals surface area contributed by atoms with Gasteiger partial charge in [-0.05, 0) is 55.9 Å². The molecule has 0 aliphatic heterocycles. The number of anilines is 1. The SMILES string of the molecule is CCOC(=O)c1c(NC(=O)c2cccc(S(C)(=O)=O)c2)sc2c1CCC(C)C2. The van der Waals surface area contributed by atoms with Crippen molar-refractivity contribution in [3.8, 4) is 0 Å². The van der Waals surface area contributed by atoms with Crippen LogP contribution in [0.3, 0.4) is 0 Å². The average molecular weight is 422 g/mol. The minimum Gasteiger partial charge on any atom is -0.462 e. The van der Waals surface area contributed by atoms with E-state index in [1.54, 1.807) is 13.0 Å². The molecule has 1 N–H and O–H groups in total. The Bertz CT molecular complexity index is 1020. The summed E-state index contributed by atoms with van der Waals surface area (Å²) in [6.45, 7) is 4.17. The van der Waals surface area contributed by atoms with E-state index in [-0.39, 0.29) is 17.1 Å². The standard InChI is InChI=1S/C20H23NO5S2/c1-4-26-20(23)17-15-9-8-12(2)10-16(15)27-19(17)21-18(22)13-6-5-7-14(11-13)28(3,24)25/h5-7,11-12H,4,8-10H2,1-3H3,(H,21,22). The van der Waals surface area contributed by atoms with Crippen molar-refractivity contribution < 1.29 is 22.7 Å². The van der Waals surface area contributed by atoms with E-state index in [0.29, 0.717) is 16.5 Å². The van der Waals surface area contributed by atoms with Crippen LogP contribution in [-0.4, -0.2) is 33.2 Å². The summed E-state index contributed by atoms with van der Waals surface area (Å²) in [7, 11) is -3.42. The molecular formula is C20H23NO5S2. The third-order valence-electron chi connectivity index (χ3n) is 4.74. The van der Waals surface area contributed by atoms with Crippen molar-refractivity contribution in [3.63, 3.8) is 0 Å². The summed E-state index contributed by atoms with van der Waals surface area (Å²) >= 11 is 1.40. The summed E-state index contributed by atoms with van der Waals surface area (Å²) in [5.41, 5.74) is 1.61. The van der Waals surface area contributed by atoms with Crippen LogP contribution < -0.4 is 5.32 Å². The highest BCUT2D eigenvalue weighted by Crippen LogP contribution is 2.40. The molecule has 1 amide bonds. The fourth-order valence-electron chi connectivity index (χ4n) is 3.30. The van der Waals surface area contributed by atoms with E-state index in [4.69, 9.17) is 4.74 Å². The van der Waals surface area contributed by atoms with Gasteiger partial charge in [-0.3, -0.25) is 4.79 Å². The van der Waals surface area contributed by atoms with Crippen molar-refractivity contribution >= 4 is 38.1 Å². The highest BCUT2D eigenvalue weighted by Gasteiger charge is 2.29. The monoisotopic (exact) mass is 421 g/mol. The molecule has 1 aromatic carbocycles. The van der Waals surface area contributed by atoms with E-state index < -0.39 is 21.7 Å². The fourth-order valence-corrected chi connectivity index (χ4v) is 5.36. The van der Waals surface area contributed by atoms with Gasteiger partial charge in [0.1, 0.15) is 5.00 Å². The minimum absolute atomic E-state index is 0.0741. The Balaban J connectivity index is 1.96. The molecule has 0 radical (unpaired) electrons. The number of hydrogen-bond donors (Lipinski definition) is 1. The zero-order chi connectivity index (χ0) is 20.5. The molecule has 1 heterocycles. The van der Waals surface area contributed by atoms with Gasteiger partial charge in [0, 0.05) is 16.7 Å². The second kappa shape index (κ2) is 8.05. The predicted octanol–water partition coefficient (Wildman–Crippen LogP) is 3.71. The van der Waals surface area contributed by atoms with Gasteiger partial charge in [-0.25, -0.2) is 13.2 Å². The van der Waals surface area contributed by atoms with Crippen LogP contribution in [0.25, 0.3) is 0 Å². The number of thiophene rings is 1. The molecule has 0 saturated carbocycles. The summed E-state index contributed by atoms with van der Waals surface area (Å²) in [4.78, 5) is 26.5. The van der Waals surface area contributed by atoms with Crippen LogP contribution in [0.4, 0.5) is 5.00 Å². The molecule has 0 fully saturated rings. The molecule has 6 nitrogen and oxygen atoms in total. The number of fused-ring (bicyclic) bond motifs is 1. The topological polar surface area (TPSA) is 89.5 Å². The highest BCUT2D eigenvalue weighted by molar-refractivity contribution is 7.90. The van der Waals surface area contributed by atoms with Gasteiger partial charge in [-0.2, -0.15) is 0 Å². The lowest BCUT2D eigenvalue weighted by atomic mass is 9.88. The van der Waals surface area contributed by atoms with Crippen molar-refractivity contribution in [3.05, 3.63) is 45.8 Å². The van der Waals surface area contributed by atoms with Crippen molar-refractivity contribution in [2.75, 3.05) is 18.2 Å². The molecule has 1 atom stereocenters. The van der Waals surface area contributed by atoms with Crippen molar-refractivity contribution in [2.45, 2.75) is 38.0 Å². The summed E-state index contributed by atoms with van der Waals surface area (Å²) in [5, 5.41) is 3.27. The maximum Gasteiger partial charge on any atom is 0.341 e. The van der Waals surface area contributed by atoms with E-state index in [1.165, 1.54) is 29.5 Å². The van der Waals surface area contributed by atoms with E-state index >= 15 is 0 Å². The molecule has 1 aromatic heterocycles. The lowest BCUT2D eigenvalue weighted by Gasteiger charge is -2.18. The van der Waals surface area contributed by atoms with E-state index in [0.717, 1.165) is 36.0 Å². The third-order valence-corrected chi connectivity index (χ3v) is 7.02. The second-order valence-corrected chi connectivity index (χ2v) is 10.2. The number of carbonyl (C=O) groups excluding carboxylic acids is 2. The Morgan fingerprint density at radius 3 is 2.75 bits per heavy atom. The highest BCUT2D eigenvalue weighted by atomic mass is 32.2. The summed E-state index contributed by atoms with van der Waals surface area (Å²) in [5.74, 6) is -0.367. The molecule has 2 aromatic rings. The van der Waals surface area contributed by atoms with E-state index in [1.807, 2.05) is 0 Å². The molecule has 28 heavy (non-hydrogen) atoms. The average Bonchev–Trinajstić information content (AvgIpc) is 2.98. The van der Waals surface area contributed by atoms with Crippen LogP contribution in [0.1, 0.15) is 51.4 Å². The van der Waals surface area contributed by atoms with Crippen molar-refractivity contribution in [1.82, 2.24) is 0 Å². The first-order valence-electron chi connectivity index (χ1n) is 9.13. The van der Waals surface area contributed by atoms with Gasteiger partial charge in [0.25, 0.3) is 5.91 Å². The predicted molar refractivity (Wildman–Crippen MR) is 109 cm³/mol. The maximum absolute atomic E-state index is 12.8. The van der Waals surface area contributed by atoms with Gasteiger partial charge in [0.05, 0.1) is 17.1 Å². The van der Waals surface area contributed by atoms with Crippen molar-refractivity contribution in [1.29, 1.82) is 0 Å². The van der Waals surface area contributed by atoms with Crippen LogP contribution in [-0.2, 0) is 27.4 Å². The zero-order valence-electron chi connectivity index (χ0n) is 16.1. The number of benzene rings is 1. The quantitative estimate of drug-likeness (QED) is 0.744. The molecular weight excluding hydrogens is 398 g/mol. The first-order chi connectivity index (χ1) is 13.2. The Labute approximate surface area is 168 Å². The van der Waals surface area contributed by atoms with Crippen LogP contribution in [0.5, 0.6) is 0 Å². The van der Waals surface area contributed by atoms with Gasteiger partial charge in [0.15, 0.2) is 9.84 Å². The summed E-state index contributed by atoms with van der Waals surface area (Å²) in [6, 6.07) is 5.86. The molecule has 0 spiro atoms. The molecule has 3 rings (SSSR count). The molecule has 1 unspecified atom stereocenters. The third kappa shape index (κ3) is 4.28. The summed E-state index contributed by atoms with van der Waals surface area (Å²) in [6.07, 6.45) is 3.73. The largest absolute Gasteiger partial charge is 0.462 e. The van der Waals surface area contributed by atoms with Gasteiger partial charge in [0.2, 0.25) is 0 Å². The number of amides is 1. The maximum atomic E-state index is 12.8. The lowest BCUT2D eigenvalue weighted by molar-refractivity contribution is 0.0526. The second-order valence-electron chi connectivity index (χ2n) is 7.03. The van der Waals surface area contributed by atoms with Crippen LogP contribution >= 0.6 is 11.3 Å². The smallest absolute Gasteiger partial charge is 0.341 e. The van der Waals surface area contributed by atoms with Gasteiger partial charge >= 0.3 is 5.97 Å². The fraction of sp³-hybridized carbons (Fsp3) is 0.400. The molecule has 150 valence electrons. The molecule has 1 aliphatic carbocycles. The number of ether oxygens (including phenoxy) is 1. The first kappa shape index (κ1) is 20.5. The van der Waals surface area contributed by atoms with Crippen LogP contribution in [0.15, 0.2) is 29.2 Å². The summed E-state index contributed by atoms with van der Waals surface area (Å²) < 4.78 is 28.7. The van der Waals surface area contributed by atoms with E-state index in [9.17, 15) is 18.0 Å². The number of esters is 1. The Morgan fingerprint density at radius 2 is 2.07 bits per heavy atom. The molecule has 0 saturated heterocycles. The number of rotatable bonds is 5. The van der Waals surface area contributed by atoms with Gasteiger partial charge in [-0.1, -0.05) is 13.0 Å². The Morgan fingerprint density at radius 1 is 1.32 bits per heavy atom. The minimum atomic E-state index is -3.42. The van der Waals surface area contributed by atoms with Crippen molar-refractivity contribution in [2.24, 2.45) is 5.92 Å². The van der Waals surface area contributed by atoms with E-state index in [2.05, 4.69) is 12.2 Å². The number of carbonyl (C=O) groups is 2. The molecule has 0 bridgehead atoms. The van der Waals surface area contributed by atoms with Gasteiger partial charge < -0.3 is 10.1 Å². The Hall–Kier alpha value is -2.19. The van der Waals surface area contributed by atoms with Gasteiger partial charge in [-0.15, -0.1) is 11.3 Å². The number of sulfone groups is 1. The normalized spacial score (nSPS) is 16.3. The molecule has 1 aliphatic rings. The van der Waals surface area contributed by atoms with Crippen LogP contribution in [0.2, 0.25) is 0 Å². The zero-order valence-corrected chi connectivity index (χ0v) is 17.7. The first-order valence-corrected chi connectivity index (χ1v) is 11.8. The van der Waals surface area contributed by atoms with Crippen LogP contribution in [0, 0.1) is 5.92 Å². The number of hydrogen-bond acceptors (Lipinski definition) is 6. The number of nitrogens with one attached hydrogen (secondary N) is 1. The lowest BCUT2D eigenvalue weighted by Crippen LogP contribution is -2.17. The Kier molecular flexibility index (Phi) is 5.90.